The Hall–Kier alpha value is -0.580. The Balaban J connectivity index is 2.36. The predicted octanol–water partition coefficient (Wildman–Crippen LogP) is 3.06. The van der Waals surface area contributed by atoms with Gasteiger partial charge in [0.2, 0.25) is 0 Å². The van der Waals surface area contributed by atoms with E-state index in [1.165, 1.54) is 12.1 Å². The first kappa shape index (κ1) is 15.5. The van der Waals surface area contributed by atoms with Gasteiger partial charge in [-0.1, -0.05) is 6.92 Å². The topological polar surface area (TPSA) is 32.3 Å². The first-order valence-electron chi connectivity index (χ1n) is 6.34. The maximum atomic E-state index is 12.7. The molecule has 4 heteroatoms. The maximum absolute atomic E-state index is 12.7. The molecule has 1 unspecified atom stereocenters. The highest BCUT2D eigenvalue weighted by Crippen LogP contribution is 2.22. The largest absolute Gasteiger partial charge is 0.394 e. The van der Waals surface area contributed by atoms with Gasteiger partial charge in [-0.15, -0.1) is 11.8 Å². The molecule has 1 rings (SSSR count). The zero-order valence-corrected chi connectivity index (χ0v) is 11.9. The summed E-state index contributed by atoms with van der Waals surface area (Å²) < 4.78 is 12.7. The van der Waals surface area contributed by atoms with E-state index >= 15 is 0 Å². The molecule has 0 aliphatic heterocycles. The average molecular weight is 271 g/mol. The summed E-state index contributed by atoms with van der Waals surface area (Å²) in [6, 6.07) is 6.53. The van der Waals surface area contributed by atoms with Crippen molar-refractivity contribution in [3.8, 4) is 0 Å². The van der Waals surface area contributed by atoms with Gasteiger partial charge in [0.15, 0.2) is 0 Å². The van der Waals surface area contributed by atoms with Gasteiger partial charge >= 0.3 is 0 Å². The predicted molar refractivity (Wildman–Crippen MR) is 75.5 cm³/mol. The molecule has 1 aromatic rings. The smallest absolute Gasteiger partial charge is 0.123 e. The minimum absolute atomic E-state index is 0.136. The molecular formula is C14H22FNOS. The van der Waals surface area contributed by atoms with Crippen molar-refractivity contribution in [2.24, 2.45) is 0 Å². The van der Waals surface area contributed by atoms with E-state index in [9.17, 15) is 9.50 Å². The number of nitrogens with one attached hydrogen (secondary N) is 1. The minimum Gasteiger partial charge on any atom is -0.394 e. The Morgan fingerprint density at radius 3 is 2.56 bits per heavy atom. The third kappa shape index (κ3) is 5.38. The van der Waals surface area contributed by atoms with Crippen molar-refractivity contribution >= 4 is 11.8 Å². The van der Waals surface area contributed by atoms with Crippen LogP contribution in [0.1, 0.15) is 26.7 Å². The number of hydrogen-bond donors (Lipinski definition) is 2. The number of hydrogen-bond acceptors (Lipinski definition) is 3. The van der Waals surface area contributed by atoms with Crippen molar-refractivity contribution < 1.29 is 9.50 Å². The number of benzene rings is 1. The van der Waals surface area contributed by atoms with Crippen molar-refractivity contribution in [2.45, 2.75) is 37.1 Å². The van der Waals surface area contributed by atoms with Gasteiger partial charge in [0.1, 0.15) is 5.82 Å². The van der Waals surface area contributed by atoms with Crippen molar-refractivity contribution in [3.05, 3.63) is 30.1 Å². The Morgan fingerprint density at radius 2 is 2.00 bits per heavy atom. The Labute approximate surface area is 113 Å². The van der Waals surface area contributed by atoms with Crippen molar-refractivity contribution in [3.63, 3.8) is 0 Å². The Kier molecular flexibility index (Phi) is 6.68. The average Bonchev–Trinajstić information content (AvgIpc) is 2.39. The molecule has 0 aliphatic rings. The summed E-state index contributed by atoms with van der Waals surface area (Å²) in [5.41, 5.74) is -0.219. The number of aliphatic hydroxyl groups excluding tert-OH is 1. The summed E-state index contributed by atoms with van der Waals surface area (Å²) in [6.07, 6.45) is 1.94. The summed E-state index contributed by atoms with van der Waals surface area (Å²) in [5, 5.41) is 12.8. The van der Waals surface area contributed by atoms with E-state index in [0.717, 1.165) is 30.0 Å². The van der Waals surface area contributed by atoms with Crippen LogP contribution in [0.5, 0.6) is 0 Å². The lowest BCUT2D eigenvalue weighted by molar-refractivity contribution is 0.171. The van der Waals surface area contributed by atoms with Crippen molar-refractivity contribution in [1.29, 1.82) is 0 Å². The van der Waals surface area contributed by atoms with E-state index in [1.54, 1.807) is 23.9 Å². The van der Waals surface area contributed by atoms with E-state index in [4.69, 9.17) is 0 Å². The van der Waals surface area contributed by atoms with Crippen LogP contribution in [0.3, 0.4) is 0 Å². The number of thioether (sulfide) groups is 1. The molecule has 18 heavy (non-hydrogen) atoms. The third-order valence-corrected chi connectivity index (χ3v) is 3.90. The molecular weight excluding hydrogens is 249 g/mol. The molecule has 0 aliphatic carbocycles. The number of halogens is 1. The Morgan fingerprint density at radius 1 is 1.33 bits per heavy atom. The molecule has 1 aromatic carbocycles. The van der Waals surface area contributed by atoms with Crippen LogP contribution in [0.15, 0.2) is 29.2 Å². The highest BCUT2D eigenvalue weighted by atomic mass is 32.2. The molecule has 2 N–H and O–H groups in total. The zero-order valence-electron chi connectivity index (χ0n) is 11.1. The molecule has 1 atom stereocenters. The van der Waals surface area contributed by atoms with Gasteiger partial charge in [-0.05, 0) is 56.3 Å². The van der Waals surface area contributed by atoms with E-state index in [1.807, 2.05) is 6.92 Å². The van der Waals surface area contributed by atoms with Gasteiger partial charge < -0.3 is 10.4 Å². The third-order valence-electron chi connectivity index (χ3n) is 2.89. The second-order valence-electron chi connectivity index (χ2n) is 4.70. The summed E-state index contributed by atoms with van der Waals surface area (Å²) in [6.45, 7) is 5.20. The van der Waals surface area contributed by atoms with Crippen LogP contribution < -0.4 is 5.32 Å². The molecule has 0 bridgehead atoms. The summed E-state index contributed by atoms with van der Waals surface area (Å²) in [5.74, 6) is 0.698. The van der Waals surface area contributed by atoms with Gasteiger partial charge in [-0.25, -0.2) is 4.39 Å². The fourth-order valence-corrected chi connectivity index (χ4v) is 2.69. The van der Waals surface area contributed by atoms with Gasteiger partial charge in [0, 0.05) is 10.4 Å². The van der Waals surface area contributed by atoms with Gasteiger partial charge in [-0.2, -0.15) is 0 Å². The van der Waals surface area contributed by atoms with E-state index in [2.05, 4.69) is 12.2 Å². The molecule has 0 aromatic heterocycles. The fourth-order valence-electron chi connectivity index (χ4n) is 1.58. The van der Waals surface area contributed by atoms with E-state index < -0.39 is 0 Å². The normalized spacial score (nSPS) is 14.4. The van der Waals surface area contributed by atoms with Crippen molar-refractivity contribution in [2.75, 3.05) is 18.9 Å². The lowest BCUT2D eigenvalue weighted by Gasteiger charge is -2.28. The molecule has 0 saturated heterocycles. The van der Waals surface area contributed by atoms with Crippen molar-refractivity contribution in [1.82, 2.24) is 5.32 Å². The van der Waals surface area contributed by atoms with Crippen LogP contribution in [0.25, 0.3) is 0 Å². The molecule has 0 spiro atoms. The van der Waals surface area contributed by atoms with Crippen LogP contribution in [0.2, 0.25) is 0 Å². The van der Waals surface area contributed by atoms with Gasteiger partial charge in [0.25, 0.3) is 0 Å². The monoisotopic (exact) mass is 271 g/mol. The maximum Gasteiger partial charge on any atom is 0.123 e. The van der Waals surface area contributed by atoms with Crippen LogP contribution in [0, 0.1) is 5.82 Å². The highest BCUT2D eigenvalue weighted by molar-refractivity contribution is 7.99. The van der Waals surface area contributed by atoms with Crippen LogP contribution in [0.4, 0.5) is 4.39 Å². The Bertz CT molecular complexity index is 344. The summed E-state index contributed by atoms with van der Waals surface area (Å²) >= 11 is 1.69. The van der Waals surface area contributed by atoms with Crippen LogP contribution in [-0.2, 0) is 0 Å². The molecule has 0 fully saturated rings. The van der Waals surface area contributed by atoms with E-state index in [0.29, 0.717) is 0 Å². The first-order chi connectivity index (χ1) is 8.59. The van der Waals surface area contributed by atoms with E-state index in [-0.39, 0.29) is 18.0 Å². The summed E-state index contributed by atoms with van der Waals surface area (Å²) in [4.78, 5) is 1.06. The SMILES string of the molecule is CCCNC(C)(CO)CCSc1ccc(F)cc1. The molecule has 0 radical (unpaired) electrons. The quantitative estimate of drug-likeness (QED) is 0.713. The number of aliphatic hydroxyl groups is 1. The lowest BCUT2D eigenvalue weighted by Crippen LogP contribution is -2.46. The van der Waals surface area contributed by atoms with Crippen LogP contribution >= 0.6 is 11.8 Å². The summed E-state index contributed by atoms with van der Waals surface area (Å²) in [7, 11) is 0. The lowest BCUT2D eigenvalue weighted by atomic mass is 10.0. The second kappa shape index (κ2) is 7.77. The highest BCUT2D eigenvalue weighted by Gasteiger charge is 2.21. The van der Waals surface area contributed by atoms with Gasteiger partial charge in [0.05, 0.1) is 6.61 Å². The zero-order chi connectivity index (χ0) is 13.4. The van der Waals surface area contributed by atoms with Crippen LogP contribution in [-0.4, -0.2) is 29.5 Å². The minimum atomic E-state index is -0.219. The first-order valence-corrected chi connectivity index (χ1v) is 7.32. The van der Waals surface area contributed by atoms with Gasteiger partial charge in [-0.3, -0.25) is 0 Å². The number of rotatable bonds is 8. The molecule has 0 amide bonds. The second-order valence-corrected chi connectivity index (χ2v) is 5.87. The fraction of sp³-hybridized carbons (Fsp3) is 0.571. The standard InChI is InChI=1S/C14H22FNOS/c1-3-9-16-14(2,11-17)8-10-18-13-6-4-12(15)5-7-13/h4-7,16-17H,3,8-11H2,1-2H3. The molecule has 2 nitrogen and oxygen atoms in total. The molecule has 102 valence electrons. The molecule has 0 saturated carbocycles. The molecule has 0 heterocycles.